The number of aryl methyl sites for hydroxylation is 1. The highest BCUT2D eigenvalue weighted by molar-refractivity contribution is 7.10. The summed E-state index contributed by atoms with van der Waals surface area (Å²) in [7, 11) is 0. The van der Waals surface area contributed by atoms with E-state index >= 15 is 0 Å². The van der Waals surface area contributed by atoms with Crippen LogP contribution in [-0.4, -0.2) is 10.9 Å². The van der Waals surface area contributed by atoms with Crippen molar-refractivity contribution < 1.29 is 4.79 Å². The molecule has 0 aliphatic rings. The minimum absolute atomic E-state index is 0.246. The maximum atomic E-state index is 11.8. The molecule has 0 fully saturated rings. The van der Waals surface area contributed by atoms with Crippen molar-refractivity contribution in [1.82, 2.24) is 4.98 Å². The predicted octanol–water partition coefficient (Wildman–Crippen LogP) is 2.09. The highest BCUT2D eigenvalue weighted by Crippen LogP contribution is 2.18. The zero-order chi connectivity index (χ0) is 12.3. The molecule has 3 N–H and O–H groups in total. The van der Waals surface area contributed by atoms with Crippen molar-refractivity contribution in [3.8, 4) is 0 Å². The first-order valence-corrected chi connectivity index (χ1v) is 6.07. The topological polar surface area (TPSA) is 68.0 Å². The van der Waals surface area contributed by atoms with Gasteiger partial charge in [0.25, 0.3) is 0 Å². The molecule has 5 heteroatoms. The van der Waals surface area contributed by atoms with Gasteiger partial charge in [-0.15, -0.1) is 11.3 Å². The Labute approximate surface area is 103 Å². The smallest absolute Gasteiger partial charge is 0.247 e. The molecular formula is C12H13N3OS. The van der Waals surface area contributed by atoms with Crippen LogP contribution in [0.1, 0.15) is 16.5 Å². The molecule has 2 aromatic rings. The van der Waals surface area contributed by atoms with Gasteiger partial charge in [-0.2, -0.15) is 0 Å². The average Bonchev–Trinajstić information content (AvgIpc) is 2.84. The van der Waals surface area contributed by atoms with Crippen LogP contribution in [0, 0.1) is 6.92 Å². The van der Waals surface area contributed by atoms with Crippen LogP contribution in [0.15, 0.2) is 35.8 Å². The van der Waals surface area contributed by atoms with Gasteiger partial charge in [0, 0.05) is 11.1 Å². The summed E-state index contributed by atoms with van der Waals surface area (Å²) in [6.45, 7) is 1.94. The Morgan fingerprint density at radius 3 is 2.88 bits per heavy atom. The van der Waals surface area contributed by atoms with Crippen LogP contribution in [0.3, 0.4) is 0 Å². The molecule has 0 aliphatic carbocycles. The van der Waals surface area contributed by atoms with Crippen molar-refractivity contribution in [3.63, 3.8) is 0 Å². The maximum absolute atomic E-state index is 11.8. The van der Waals surface area contributed by atoms with Gasteiger partial charge in [0.2, 0.25) is 5.91 Å². The Kier molecular flexibility index (Phi) is 3.51. The second kappa shape index (κ2) is 5.07. The van der Waals surface area contributed by atoms with Gasteiger partial charge in [-0.1, -0.05) is 12.1 Å². The van der Waals surface area contributed by atoms with E-state index in [0.29, 0.717) is 5.82 Å². The summed E-state index contributed by atoms with van der Waals surface area (Å²) >= 11 is 1.47. The lowest BCUT2D eigenvalue weighted by Crippen LogP contribution is -2.27. The van der Waals surface area contributed by atoms with Crippen molar-refractivity contribution >= 4 is 23.1 Å². The van der Waals surface area contributed by atoms with E-state index in [0.717, 1.165) is 10.4 Å². The van der Waals surface area contributed by atoms with Crippen LogP contribution in [0.4, 0.5) is 5.82 Å². The van der Waals surface area contributed by atoms with Gasteiger partial charge in [-0.3, -0.25) is 4.79 Å². The van der Waals surface area contributed by atoms with Crippen LogP contribution in [0.5, 0.6) is 0 Å². The number of nitrogens with zero attached hydrogens (tertiary/aromatic N) is 1. The second-order valence-corrected chi connectivity index (χ2v) is 4.68. The monoisotopic (exact) mass is 247 g/mol. The fourth-order valence-corrected chi connectivity index (χ4v) is 2.07. The number of nitrogens with one attached hydrogen (secondary N) is 1. The van der Waals surface area contributed by atoms with Gasteiger partial charge < -0.3 is 11.1 Å². The lowest BCUT2D eigenvalue weighted by Gasteiger charge is -2.09. The van der Waals surface area contributed by atoms with Crippen LogP contribution in [-0.2, 0) is 4.79 Å². The van der Waals surface area contributed by atoms with Crippen molar-refractivity contribution in [3.05, 3.63) is 46.3 Å². The Balaban J connectivity index is 2.04. The van der Waals surface area contributed by atoms with E-state index in [1.807, 2.05) is 30.5 Å². The quantitative estimate of drug-likeness (QED) is 0.872. The zero-order valence-electron chi connectivity index (χ0n) is 9.38. The minimum Gasteiger partial charge on any atom is -0.316 e. The molecule has 1 amide bonds. The average molecular weight is 247 g/mol. The highest BCUT2D eigenvalue weighted by Gasteiger charge is 2.16. The van der Waals surface area contributed by atoms with E-state index in [9.17, 15) is 4.79 Å². The molecular weight excluding hydrogens is 234 g/mol. The van der Waals surface area contributed by atoms with Crippen LogP contribution < -0.4 is 11.1 Å². The van der Waals surface area contributed by atoms with Gasteiger partial charge in [-0.05, 0) is 30.0 Å². The maximum Gasteiger partial charge on any atom is 0.247 e. The third-order valence-electron chi connectivity index (χ3n) is 2.29. The largest absolute Gasteiger partial charge is 0.316 e. The van der Waals surface area contributed by atoms with Crippen LogP contribution in [0.25, 0.3) is 0 Å². The molecule has 17 heavy (non-hydrogen) atoms. The summed E-state index contributed by atoms with van der Waals surface area (Å²) in [5, 5.41) is 4.58. The number of amides is 1. The van der Waals surface area contributed by atoms with Gasteiger partial charge in [0.05, 0.1) is 0 Å². The molecule has 1 unspecified atom stereocenters. The van der Waals surface area contributed by atoms with E-state index in [1.165, 1.54) is 11.3 Å². The third kappa shape index (κ3) is 2.89. The molecule has 1 atom stereocenters. The molecule has 0 radical (unpaired) electrons. The summed E-state index contributed by atoms with van der Waals surface area (Å²) < 4.78 is 0. The lowest BCUT2D eigenvalue weighted by atomic mass is 10.2. The molecule has 2 rings (SSSR count). The van der Waals surface area contributed by atoms with E-state index in [2.05, 4.69) is 10.3 Å². The summed E-state index contributed by atoms with van der Waals surface area (Å²) in [5.74, 6) is 0.274. The van der Waals surface area contributed by atoms with Gasteiger partial charge in [-0.25, -0.2) is 4.98 Å². The van der Waals surface area contributed by atoms with Gasteiger partial charge in [0.1, 0.15) is 11.9 Å². The Morgan fingerprint density at radius 2 is 2.29 bits per heavy atom. The standard InChI is InChI=1S/C12H13N3OS/c1-8-4-5-10(14-7-8)15-12(16)11(13)9-3-2-6-17-9/h2-7,11H,13H2,1H3,(H,14,15,16). The fraction of sp³-hybridized carbons (Fsp3) is 0.167. The summed E-state index contributed by atoms with van der Waals surface area (Å²) in [5.41, 5.74) is 6.88. The summed E-state index contributed by atoms with van der Waals surface area (Å²) in [4.78, 5) is 16.8. The van der Waals surface area contributed by atoms with Crippen molar-refractivity contribution in [1.29, 1.82) is 0 Å². The Morgan fingerprint density at radius 1 is 1.47 bits per heavy atom. The number of hydrogen-bond acceptors (Lipinski definition) is 4. The van der Waals surface area contributed by atoms with Crippen molar-refractivity contribution in [2.75, 3.05) is 5.32 Å². The molecule has 0 bridgehead atoms. The van der Waals surface area contributed by atoms with Crippen LogP contribution >= 0.6 is 11.3 Å². The molecule has 2 heterocycles. The molecule has 0 saturated carbocycles. The number of anilines is 1. The molecule has 88 valence electrons. The fourth-order valence-electron chi connectivity index (χ4n) is 1.34. The molecule has 4 nitrogen and oxygen atoms in total. The lowest BCUT2D eigenvalue weighted by molar-refractivity contribution is -0.117. The first kappa shape index (κ1) is 11.8. The summed E-state index contributed by atoms with van der Waals surface area (Å²) in [6, 6.07) is 6.72. The number of thiophene rings is 1. The second-order valence-electron chi connectivity index (χ2n) is 3.70. The van der Waals surface area contributed by atoms with Gasteiger partial charge in [0.15, 0.2) is 0 Å². The summed E-state index contributed by atoms with van der Waals surface area (Å²) in [6.07, 6.45) is 1.70. The molecule has 0 spiro atoms. The van der Waals surface area contributed by atoms with E-state index in [4.69, 9.17) is 5.73 Å². The van der Waals surface area contributed by atoms with E-state index in [-0.39, 0.29) is 5.91 Å². The zero-order valence-corrected chi connectivity index (χ0v) is 10.2. The number of carbonyl (C=O) groups is 1. The predicted molar refractivity (Wildman–Crippen MR) is 68.9 cm³/mol. The first-order valence-electron chi connectivity index (χ1n) is 5.19. The van der Waals surface area contributed by atoms with Crippen molar-refractivity contribution in [2.45, 2.75) is 13.0 Å². The molecule has 0 aromatic carbocycles. The highest BCUT2D eigenvalue weighted by atomic mass is 32.1. The number of pyridine rings is 1. The molecule has 2 aromatic heterocycles. The first-order chi connectivity index (χ1) is 8.16. The molecule has 0 aliphatic heterocycles. The number of aromatic nitrogens is 1. The third-order valence-corrected chi connectivity index (χ3v) is 3.25. The number of rotatable bonds is 3. The molecule has 0 saturated heterocycles. The Bertz CT molecular complexity index is 493. The Hall–Kier alpha value is -1.72. The van der Waals surface area contributed by atoms with E-state index in [1.54, 1.807) is 12.3 Å². The number of hydrogen-bond donors (Lipinski definition) is 2. The van der Waals surface area contributed by atoms with Gasteiger partial charge >= 0.3 is 0 Å². The normalized spacial score (nSPS) is 12.1. The van der Waals surface area contributed by atoms with Crippen molar-refractivity contribution in [2.24, 2.45) is 5.73 Å². The number of carbonyl (C=O) groups excluding carboxylic acids is 1. The minimum atomic E-state index is -0.641. The number of nitrogens with two attached hydrogens (primary N) is 1. The SMILES string of the molecule is Cc1ccc(NC(=O)C(N)c2cccs2)nc1. The van der Waals surface area contributed by atoms with E-state index < -0.39 is 6.04 Å². The van der Waals surface area contributed by atoms with Crippen LogP contribution in [0.2, 0.25) is 0 Å².